The Morgan fingerprint density at radius 3 is 2.32 bits per heavy atom. The summed E-state index contributed by atoms with van der Waals surface area (Å²) < 4.78 is 10.9. The van der Waals surface area contributed by atoms with E-state index in [0.717, 1.165) is 36.1 Å². The molecule has 28 heavy (non-hydrogen) atoms. The van der Waals surface area contributed by atoms with Crippen LogP contribution in [0.2, 0.25) is 0 Å². The number of hydrogen-bond acceptors (Lipinski definition) is 5. The molecule has 0 bridgehead atoms. The van der Waals surface area contributed by atoms with Crippen molar-refractivity contribution in [2.24, 2.45) is 10.9 Å². The Labute approximate surface area is 166 Å². The number of ether oxygens (including phenoxy) is 2. The van der Waals surface area contributed by atoms with Crippen molar-refractivity contribution >= 4 is 12.2 Å². The van der Waals surface area contributed by atoms with Crippen LogP contribution >= 0.6 is 0 Å². The zero-order valence-corrected chi connectivity index (χ0v) is 16.4. The molecular formula is C23H26N2O3. The number of nitrogens with zero attached hydrogens (tertiary/aromatic N) is 2. The molecule has 5 nitrogen and oxygen atoms in total. The molecule has 0 spiro atoms. The zero-order valence-electron chi connectivity index (χ0n) is 16.4. The minimum absolute atomic E-state index is 0.386. The SMILES string of the molecule is CN=CC(=O)OCCCC(C)CCOc1ccc(-c2ccc(C#N)cc2)cc1. The molecule has 146 valence electrons. The van der Waals surface area contributed by atoms with Gasteiger partial charge in [0.25, 0.3) is 0 Å². The summed E-state index contributed by atoms with van der Waals surface area (Å²) in [6.07, 6.45) is 3.95. The van der Waals surface area contributed by atoms with Crippen molar-refractivity contribution in [3.05, 3.63) is 54.1 Å². The molecular weight excluding hydrogens is 352 g/mol. The standard InChI is InChI=1S/C23H26N2O3/c1-18(4-3-14-28-23(26)17-25-2)13-15-27-22-11-9-21(10-12-22)20-7-5-19(16-24)6-8-20/h5-12,17-18H,3-4,13-15H2,1-2H3. The summed E-state index contributed by atoms with van der Waals surface area (Å²) in [6.45, 7) is 3.25. The molecule has 2 aromatic carbocycles. The first-order valence-corrected chi connectivity index (χ1v) is 9.44. The van der Waals surface area contributed by atoms with E-state index in [1.165, 1.54) is 6.21 Å². The largest absolute Gasteiger partial charge is 0.494 e. The number of hydrogen-bond donors (Lipinski definition) is 0. The highest BCUT2D eigenvalue weighted by molar-refractivity contribution is 6.23. The lowest BCUT2D eigenvalue weighted by Crippen LogP contribution is -2.09. The van der Waals surface area contributed by atoms with Gasteiger partial charge < -0.3 is 9.47 Å². The molecule has 0 fully saturated rings. The van der Waals surface area contributed by atoms with Gasteiger partial charge >= 0.3 is 5.97 Å². The van der Waals surface area contributed by atoms with Gasteiger partial charge in [-0.1, -0.05) is 31.2 Å². The third kappa shape index (κ3) is 7.24. The van der Waals surface area contributed by atoms with Gasteiger partial charge in [0.15, 0.2) is 0 Å². The lowest BCUT2D eigenvalue weighted by atomic mass is 10.0. The van der Waals surface area contributed by atoms with Crippen LogP contribution in [0.25, 0.3) is 11.1 Å². The smallest absolute Gasteiger partial charge is 0.348 e. The number of benzene rings is 2. The fraction of sp³-hybridized carbons (Fsp3) is 0.348. The van der Waals surface area contributed by atoms with Gasteiger partial charge in [-0.25, -0.2) is 4.79 Å². The summed E-state index contributed by atoms with van der Waals surface area (Å²) in [5, 5.41) is 8.87. The van der Waals surface area contributed by atoms with E-state index in [9.17, 15) is 4.79 Å². The first-order chi connectivity index (χ1) is 13.6. The van der Waals surface area contributed by atoms with Gasteiger partial charge in [-0.15, -0.1) is 0 Å². The molecule has 0 aromatic heterocycles. The Hall–Kier alpha value is -3.13. The van der Waals surface area contributed by atoms with E-state index in [1.807, 2.05) is 48.5 Å². The molecule has 0 aliphatic carbocycles. The average molecular weight is 378 g/mol. The number of esters is 1. The second kappa shape index (κ2) is 11.6. The highest BCUT2D eigenvalue weighted by Crippen LogP contribution is 2.23. The van der Waals surface area contributed by atoms with Crippen LogP contribution in [-0.4, -0.2) is 32.4 Å². The molecule has 1 unspecified atom stereocenters. The van der Waals surface area contributed by atoms with Crippen LogP contribution in [-0.2, 0) is 9.53 Å². The molecule has 0 saturated heterocycles. The second-order valence-corrected chi connectivity index (χ2v) is 6.65. The molecule has 0 aliphatic heterocycles. The van der Waals surface area contributed by atoms with Crippen LogP contribution < -0.4 is 4.74 Å². The van der Waals surface area contributed by atoms with E-state index in [-0.39, 0.29) is 5.97 Å². The van der Waals surface area contributed by atoms with Crippen molar-refractivity contribution in [3.63, 3.8) is 0 Å². The molecule has 5 heteroatoms. The summed E-state index contributed by atoms with van der Waals surface area (Å²) in [7, 11) is 1.55. The highest BCUT2D eigenvalue weighted by Gasteiger charge is 2.05. The fourth-order valence-corrected chi connectivity index (χ4v) is 2.75. The molecule has 0 aliphatic rings. The van der Waals surface area contributed by atoms with Crippen LogP contribution in [0, 0.1) is 17.2 Å². The molecule has 0 amide bonds. The van der Waals surface area contributed by atoms with Crippen LogP contribution in [0.15, 0.2) is 53.5 Å². The van der Waals surface area contributed by atoms with Gasteiger partial charge in [0, 0.05) is 7.05 Å². The number of carbonyl (C=O) groups is 1. The van der Waals surface area contributed by atoms with E-state index in [2.05, 4.69) is 18.0 Å². The van der Waals surface area contributed by atoms with Crippen molar-refractivity contribution < 1.29 is 14.3 Å². The van der Waals surface area contributed by atoms with Gasteiger partial charge in [-0.05, 0) is 60.6 Å². The number of carbonyl (C=O) groups excluding carboxylic acids is 1. The van der Waals surface area contributed by atoms with Gasteiger partial charge in [-0.2, -0.15) is 5.26 Å². The van der Waals surface area contributed by atoms with Crippen molar-refractivity contribution in [2.45, 2.75) is 26.2 Å². The summed E-state index contributed by atoms with van der Waals surface area (Å²) in [5.74, 6) is 0.955. The highest BCUT2D eigenvalue weighted by atomic mass is 16.5. The van der Waals surface area contributed by atoms with E-state index in [0.29, 0.717) is 24.7 Å². The van der Waals surface area contributed by atoms with Crippen molar-refractivity contribution in [2.75, 3.05) is 20.3 Å². The van der Waals surface area contributed by atoms with E-state index >= 15 is 0 Å². The normalized spacial score (nSPS) is 11.8. The number of aliphatic imine (C=N–C) groups is 1. The van der Waals surface area contributed by atoms with Gasteiger partial charge in [0.05, 0.1) is 24.8 Å². The van der Waals surface area contributed by atoms with Gasteiger partial charge in [-0.3, -0.25) is 4.99 Å². The Balaban J connectivity index is 1.68. The fourth-order valence-electron chi connectivity index (χ4n) is 2.75. The first kappa shape index (κ1) is 21.2. The van der Waals surface area contributed by atoms with Crippen molar-refractivity contribution in [1.29, 1.82) is 5.26 Å². The predicted octanol–water partition coefficient (Wildman–Crippen LogP) is 4.65. The van der Waals surface area contributed by atoms with Gasteiger partial charge in [0.2, 0.25) is 0 Å². The molecule has 2 aromatic rings. The van der Waals surface area contributed by atoms with E-state index < -0.39 is 0 Å². The maximum Gasteiger partial charge on any atom is 0.348 e. The lowest BCUT2D eigenvalue weighted by Gasteiger charge is -2.12. The maximum absolute atomic E-state index is 11.2. The first-order valence-electron chi connectivity index (χ1n) is 9.44. The minimum atomic E-state index is -0.386. The van der Waals surface area contributed by atoms with E-state index in [4.69, 9.17) is 14.7 Å². The average Bonchev–Trinajstić information content (AvgIpc) is 2.72. The molecule has 0 saturated carbocycles. The van der Waals surface area contributed by atoms with E-state index in [1.54, 1.807) is 7.05 Å². The Kier molecular flexibility index (Phi) is 8.74. The van der Waals surface area contributed by atoms with Crippen LogP contribution in [0.4, 0.5) is 0 Å². The molecule has 2 rings (SSSR count). The van der Waals surface area contributed by atoms with Gasteiger partial charge in [0.1, 0.15) is 12.0 Å². The van der Waals surface area contributed by atoms with Crippen LogP contribution in [0.5, 0.6) is 5.75 Å². The Bertz CT molecular complexity index is 805. The summed E-state index contributed by atoms with van der Waals surface area (Å²) in [5.41, 5.74) is 2.82. The predicted molar refractivity (Wildman–Crippen MR) is 110 cm³/mol. The topological polar surface area (TPSA) is 71.7 Å². The summed E-state index contributed by atoms with van der Waals surface area (Å²) in [4.78, 5) is 14.8. The monoisotopic (exact) mass is 378 g/mol. The van der Waals surface area contributed by atoms with Crippen molar-refractivity contribution in [3.8, 4) is 22.9 Å². The second-order valence-electron chi connectivity index (χ2n) is 6.65. The third-order valence-corrected chi connectivity index (χ3v) is 4.40. The Morgan fingerprint density at radius 2 is 1.71 bits per heavy atom. The Morgan fingerprint density at radius 1 is 1.07 bits per heavy atom. The quantitative estimate of drug-likeness (QED) is 0.343. The summed E-state index contributed by atoms with van der Waals surface area (Å²) >= 11 is 0. The van der Waals surface area contributed by atoms with Crippen LogP contribution in [0.1, 0.15) is 31.7 Å². The lowest BCUT2D eigenvalue weighted by molar-refractivity contribution is -0.135. The third-order valence-electron chi connectivity index (χ3n) is 4.40. The van der Waals surface area contributed by atoms with Crippen molar-refractivity contribution in [1.82, 2.24) is 0 Å². The summed E-state index contributed by atoms with van der Waals surface area (Å²) in [6, 6.07) is 17.6. The molecule has 0 radical (unpaired) electrons. The zero-order chi connectivity index (χ0) is 20.2. The number of rotatable bonds is 10. The molecule has 0 N–H and O–H groups in total. The minimum Gasteiger partial charge on any atom is -0.494 e. The molecule has 0 heterocycles. The van der Waals surface area contributed by atoms with Crippen LogP contribution in [0.3, 0.4) is 0 Å². The maximum atomic E-state index is 11.2. The number of nitriles is 1. The molecule has 1 atom stereocenters.